The summed E-state index contributed by atoms with van der Waals surface area (Å²) in [6, 6.07) is 0. The normalized spacial score (nSPS) is 23.3. The highest BCUT2D eigenvalue weighted by molar-refractivity contribution is 5.71. The molecule has 0 aromatic carbocycles. The summed E-state index contributed by atoms with van der Waals surface area (Å²) in [6.07, 6.45) is 2.97. The first-order chi connectivity index (χ1) is 4.33. The Morgan fingerprint density at radius 1 is 1.89 bits per heavy atom. The van der Waals surface area contributed by atoms with Crippen LogP contribution in [-0.2, 0) is 9.53 Å². The fourth-order valence-electron chi connectivity index (χ4n) is 0.640. The molecule has 1 fully saturated rings. The largest absolute Gasteiger partial charge is 0.373 e. The maximum Gasteiger partial charge on any atom is 0.145 e. The second-order valence-electron chi connectivity index (χ2n) is 2.27. The number of carbonyl (C=O) groups excluding carboxylic acids is 1. The van der Waals surface area contributed by atoms with Crippen LogP contribution in [0.15, 0.2) is 12.2 Å². The second-order valence-corrected chi connectivity index (χ2v) is 2.27. The van der Waals surface area contributed by atoms with Crippen LogP contribution in [0.3, 0.4) is 0 Å². The van der Waals surface area contributed by atoms with Crippen molar-refractivity contribution in [2.45, 2.75) is 18.9 Å². The van der Waals surface area contributed by atoms with Crippen molar-refractivity contribution < 1.29 is 9.53 Å². The lowest BCUT2D eigenvalue weighted by Crippen LogP contribution is -1.88. The highest BCUT2D eigenvalue weighted by Gasteiger charge is 2.21. The molecule has 0 aliphatic carbocycles. The fourth-order valence-corrected chi connectivity index (χ4v) is 0.640. The van der Waals surface area contributed by atoms with Crippen LogP contribution in [0.5, 0.6) is 0 Å². The van der Waals surface area contributed by atoms with E-state index in [1.165, 1.54) is 0 Å². The average Bonchev–Trinajstić information content (AvgIpc) is 2.65. The Kier molecular flexibility index (Phi) is 2.01. The van der Waals surface area contributed by atoms with Crippen molar-refractivity contribution in [2.75, 3.05) is 6.61 Å². The highest BCUT2D eigenvalue weighted by atomic mass is 16.6. The molecule has 9 heavy (non-hydrogen) atoms. The molecule has 0 N–H and O–H groups in total. The monoisotopic (exact) mass is 126 g/mol. The number of hydrogen-bond donors (Lipinski definition) is 0. The Hall–Kier alpha value is -0.630. The number of allylic oxidation sites excluding steroid dienone is 1. The third-order valence-electron chi connectivity index (χ3n) is 1.36. The van der Waals surface area contributed by atoms with Crippen molar-refractivity contribution in [3.8, 4) is 0 Å². The Balaban J connectivity index is 2.02. The Morgan fingerprint density at radius 2 is 2.56 bits per heavy atom. The second kappa shape index (κ2) is 2.78. The number of hydrogen-bond acceptors (Lipinski definition) is 2. The van der Waals surface area contributed by atoms with E-state index in [2.05, 4.69) is 6.58 Å². The van der Waals surface area contributed by atoms with E-state index in [4.69, 9.17) is 4.74 Å². The molecule has 2 nitrogen and oxygen atoms in total. The summed E-state index contributed by atoms with van der Waals surface area (Å²) in [5, 5.41) is 0. The summed E-state index contributed by atoms with van der Waals surface area (Å²) in [6.45, 7) is 4.42. The van der Waals surface area contributed by atoms with Gasteiger partial charge in [0.15, 0.2) is 0 Å². The Bertz CT molecular complexity index is 125. The van der Waals surface area contributed by atoms with E-state index < -0.39 is 0 Å². The van der Waals surface area contributed by atoms with Gasteiger partial charge in [0.1, 0.15) is 6.29 Å². The lowest BCUT2D eigenvalue weighted by atomic mass is 10.1. The van der Waals surface area contributed by atoms with Gasteiger partial charge < -0.3 is 4.74 Å². The summed E-state index contributed by atoms with van der Waals surface area (Å²) in [7, 11) is 0. The number of rotatable bonds is 4. The van der Waals surface area contributed by atoms with Gasteiger partial charge in [-0.15, -0.1) is 0 Å². The molecule has 1 rings (SSSR count). The van der Waals surface area contributed by atoms with E-state index in [0.29, 0.717) is 11.7 Å². The molecule has 1 aliphatic heterocycles. The van der Waals surface area contributed by atoms with Gasteiger partial charge in [-0.25, -0.2) is 0 Å². The number of aldehydes is 1. The van der Waals surface area contributed by atoms with Crippen molar-refractivity contribution in [1.82, 2.24) is 0 Å². The molecule has 1 aliphatic rings. The fraction of sp³-hybridized carbons (Fsp3) is 0.571. The molecule has 0 aromatic heterocycles. The van der Waals surface area contributed by atoms with Crippen molar-refractivity contribution in [3.05, 3.63) is 12.2 Å². The average molecular weight is 126 g/mol. The van der Waals surface area contributed by atoms with Crippen LogP contribution in [0.25, 0.3) is 0 Å². The molecule has 0 aromatic rings. The minimum absolute atomic E-state index is 0.418. The van der Waals surface area contributed by atoms with Gasteiger partial charge in [-0.05, 0) is 18.4 Å². The lowest BCUT2D eigenvalue weighted by Gasteiger charge is -1.91. The van der Waals surface area contributed by atoms with Crippen LogP contribution >= 0.6 is 0 Å². The van der Waals surface area contributed by atoms with E-state index in [9.17, 15) is 4.79 Å². The highest BCUT2D eigenvalue weighted by Crippen LogP contribution is 2.16. The standard InChI is InChI=1S/C7H10O2/c1-6(4-8)2-3-7-5-9-7/h4,7H,1-3,5H2. The summed E-state index contributed by atoms with van der Waals surface area (Å²) < 4.78 is 4.95. The van der Waals surface area contributed by atoms with Crippen LogP contribution in [-0.4, -0.2) is 19.0 Å². The van der Waals surface area contributed by atoms with Crippen molar-refractivity contribution in [1.29, 1.82) is 0 Å². The summed E-state index contributed by atoms with van der Waals surface area (Å²) in [5.74, 6) is 0. The molecule has 1 saturated heterocycles. The molecule has 0 spiro atoms. The molecular formula is C7H10O2. The van der Waals surface area contributed by atoms with E-state index in [1.807, 2.05) is 0 Å². The third-order valence-corrected chi connectivity index (χ3v) is 1.36. The molecule has 50 valence electrons. The topological polar surface area (TPSA) is 29.6 Å². The zero-order chi connectivity index (χ0) is 6.69. The van der Waals surface area contributed by atoms with Crippen molar-refractivity contribution in [3.63, 3.8) is 0 Å². The smallest absolute Gasteiger partial charge is 0.145 e. The van der Waals surface area contributed by atoms with Crippen LogP contribution < -0.4 is 0 Å². The van der Waals surface area contributed by atoms with Crippen molar-refractivity contribution >= 4 is 6.29 Å². The number of ether oxygens (including phenoxy) is 1. The van der Waals surface area contributed by atoms with Gasteiger partial charge in [-0.3, -0.25) is 4.79 Å². The number of epoxide rings is 1. The molecule has 0 bridgehead atoms. The minimum Gasteiger partial charge on any atom is -0.373 e. The van der Waals surface area contributed by atoms with E-state index >= 15 is 0 Å². The molecule has 0 radical (unpaired) electrons. The Labute approximate surface area is 54.5 Å². The van der Waals surface area contributed by atoms with Crippen molar-refractivity contribution in [2.24, 2.45) is 0 Å². The predicted molar refractivity (Wildman–Crippen MR) is 34.2 cm³/mol. The molecular weight excluding hydrogens is 116 g/mol. The maximum atomic E-state index is 10.00. The zero-order valence-corrected chi connectivity index (χ0v) is 5.30. The first kappa shape index (κ1) is 6.49. The number of carbonyl (C=O) groups is 1. The molecule has 0 saturated carbocycles. The Morgan fingerprint density at radius 3 is 3.00 bits per heavy atom. The summed E-state index contributed by atoms with van der Waals surface area (Å²) >= 11 is 0. The predicted octanol–water partition coefficient (Wildman–Crippen LogP) is 0.920. The molecule has 1 atom stereocenters. The van der Waals surface area contributed by atoms with Gasteiger partial charge >= 0.3 is 0 Å². The zero-order valence-electron chi connectivity index (χ0n) is 5.30. The van der Waals surface area contributed by atoms with Crippen LogP contribution in [0.1, 0.15) is 12.8 Å². The minimum atomic E-state index is 0.418. The summed E-state index contributed by atoms with van der Waals surface area (Å²) in [5.41, 5.74) is 0.672. The first-order valence-corrected chi connectivity index (χ1v) is 3.07. The quantitative estimate of drug-likeness (QED) is 0.318. The van der Waals surface area contributed by atoms with Crippen LogP contribution in [0.2, 0.25) is 0 Å². The van der Waals surface area contributed by atoms with E-state index in [0.717, 1.165) is 25.7 Å². The van der Waals surface area contributed by atoms with E-state index in [-0.39, 0.29) is 0 Å². The summed E-state index contributed by atoms with van der Waals surface area (Å²) in [4.78, 5) is 10.00. The van der Waals surface area contributed by atoms with Gasteiger partial charge in [-0.2, -0.15) is 0 Å². The molecule has 1 heterocycles. The lowest BCUT2D eigenvalue weighted by molar-refractivity contribution is -0.105. The first-order valence-electron chi connectivity index (χ1n) is 3.07. The molecule has 1 unspecified atom stereocenters. The van der Waals surface area contributed by atoms with E-state index in [1.54, 1.807) is 0 Å². The SMILES string of the molecule is C=C(C=O)CCC1CO1. The van der Waals surface area contributed by atoms with Gasteiger partial charge in [0.2, 0.25) is 0 Å². The van der Waals surface area contributed by atoms with Gasteiger partial charge in [-0.1, -0.05) is 6.58 Å². The van der Waals surface area contributed by atoms with Crippen LogP contribution in [0, 0.1) is 0 Å². The van der Waals surface area contributed by atoms with Gasteiger partial charge in [0.05, 0.1) is 12.7 Å². The molecule has 0 amide bonds. The molecule has 2 heteroatoms. The van der Waals surface area contributed by atoms with Gasteiger partial charge in [0, 0.05) is 0 Å². The maximum absolute atomic E-state index is 10.00. The third kappa shape index (κ3) is 2.42. The van der Waals surface area contributed by atoms with Crippen LogP contribution in [0.4, 0.5) is 0 Å². The van der Waals surface area contributed by atoms with Gasteiger partial charge in [0.25, 0.3) is 0 Å².